The van der Waals surface area contributed by atoms with Crippen molar-refractivity contribution in [3.8, 4) is 67.8 Å². The zero-order valence-corrected chi connectivity index (χ0v) is 33.6. The van der Waals surface area contributed by atoms with Gasteiger partial charge in [0, 0.05) is 38.4 Å². The quantitative estimate of drug-likeness (QED) is 0.162. The summed E-state index contributed by atoms with van der Waals surface area (Å²) in [5.41, 5.74) is 13.8. The molecule has 0 aliphatic heterocycles. The van der Waals surface area contributed by atoms with E-state index in [0.29, 0.717) is 17.5 Å². The van der Waals surface area contributed by atoms with Crippen LogP contribution in [0, 0.1) is 0 Å². The molecule has 0 spiro atoms. The Hall–Kier alpha value is -8.41. The van der Waals surface area contributed by atoms with E-state index in [-0.39, 0.29) is 0 Å². The molecule has 0 unspecified atom stereocenters. The van der Waals surface area contributed by atoms with Crippen LogP contribution < -0.4 is 0 Å². The van der Waals surface area contributed by atoms with Gasteiger partial charge >= 0.3 is 0 Å². The molecule has 0 aliphatic carbocycles. The van der Waals surface area contributed by atoms with Gasteiger partial charge < -0.3 is 9.13 Å². The van der Waals surface area contributed by atoms with Gasteiger partial charge in [0.15, 0.2) is 17.5 Å². The highest BCUT2D eigenvalue weighted by Crippen LogP contribution is 2.45. The molecule has 290 valence electrons. The zero-order chi connectivity index (χ0) is 41.0. The minimum atomic E-state index is 0.593. The number of para-hydroxylation sites is 2. The summed E-state index contributed by atoms with van der Waals surface area (Å²) in [7, 11) is 0. The highest BCUT2D eigenvalue weighted by molar-refractivity contribution is 6.17. The molecule has 5 nitrogen and oxygen atoms in total. The van der Waals surface area contributed by atoms with Crippen molar-refractivity contribution < 1.29 is 0 Å². The fourth-order valence-corrected chi connectivity index (χ4v) is 9.12. The summed E-state index contributed by atoms with van der Waals surface area (Å²) in [6, 6.07) is 79.3. The van der Waals surface area contributed by atoms with Gasteiger partial charge in [-0.1, -0.05) is 176 Å². The molecule has 0 bridgehead atoms. The maximum absolute atomic E-state index is 5.44. The summed E-state index contributed by atoms with van der Waals surface area (Å²) in [5, 5.41) is 4.60. The molecular weight excluding hydrogens is 755 g/mol. The van der Waals surface area contributed by atoms with Crippen LogP contribution in [0.5, 0.6) is 0 Å². The third-order valence-corrected chi connectivity index (χ3v) is 12.0. The van der Waals surface area contributed by atoms with Crippen LogP contribution in [0.1, 0.15) is 0 Å². The van der Waals surface area contributed by atoms with Crippen LogP contribution in [0.3, 0.4) is 0 Å². The molecule has 12 rings (SSSR count). The van der Waals surface area contributed by atoms with Crippen LogP contribution in [-0.4, -0.2) is 24.1 Å². The lowest BCUT2D eigenvalue weighted by molar-refractivity contribution is 1.06. The van der Waals surface area contributed by atoms with E-state index in [9.17, 15) is 0 Å². The smallest absolute Gasteiger partial charge is 0.168 e. The lowest BCUT2D eigenvalue weighted by Gasteiger charge is -2.18. The summed E-state index contributed by atoms with van der Waals surface area (Å²) in [6.07, 6.45) is 0. The van der Waals surface area contributed by atoms with E-state index >= 15 is 0 Å². The normalized spacial score (nSPS) is 11.5. The van der Waals surface area contributed by atoms with Crippen LogP contribution in [0.25, 0.3) is 111 Å². The average molecular weight is 792 g/mol. The predicted octanol–water partition coefficient (Wildman–Crippen LogP) is 14.4. The molecule has 12 aromatic rings. The van der Waals surface area contributed by atoms with E-state index in [1.54, 1.807) is 0 Å². The van der Waals surface area contributed by atoms with E-state index in [1.807, 2.05) is 36.4 Å². The third-order valence-electron chi connectivity index (χ3n) is 12.0. The molecule has 3 aromatic heterocycles. The van der Waals surface area contributed by atoms with Gasteiger partial charge in [-0.15, -0.1) is 0 Å². The highest BCUT2D eigenvalue weighted by Gasteiger charge is 2.26. The molecule has 9 aromatic carbocycles. The van der Waals surface area contributed by atoms with Crippen molar-refractivity contribution in [1.29, 1.82) is 0 Å². The van der Waals surface area contributed by atoms with Crippen molar-refractivity contribution in [2.75, 3.05) is 0 Å². The van der Waals surface area contributed by atoms with Gasteiger partial charge in [0.1, 0.15) is 0 Å². The third kappa shape index (κ3) is 5.90. The van der Waals surface area contributed by atoms with Crippen molar-refractivity contribution in [2.24, 2.45) is 0 Å². The van der Waals surface area contributed by atoms with Gasteiger partial charge in [-0.05, 0) is 70.8 Å². The highest BCUT2D eigenvalue weighted by atomic mass is 15.1. The zero-order valence-electron chi connectivity index (χ0n) is 33.6. The van der Waals surface area contributed by atoms with Crippen molar-refractivity contribution in [1.82, 2.24) is 24.1 Å². The number of aromatic nitrogens is 5. The number of benzene rings is 9. The second-order valence-electron chi connectivity index (χ2n) is 15.6. The van der Waals surface area contributed by atoms with Crippen molar-refractivity contribution >= 4 is 43.6 Å². The van der Waals surface area contributed by atoms with E-state index < -0.39 is 0 Å². The first-order chi connectivity index (χ1) is 30.8. The first kappa shape index (κ1) is 35.5. The van der Waals surface area contributed by atoms with Gasteiger partial charge in [0.2, 0.25) is 0 Å². The molecule has 0 atom stereocenters. The fourth-order valence-electron chi connectivity index (χ4n) is 9.12. The lowest BCUT2D eigenvalue weighted by atomic mass is 10.0. The molecule has 5 heteroatoms. The molecule has 0 fully saturated rings. The Bertz CT molecular complexity index is 3440. The first-order valence-electron chi connectivity index (χ1n) is 21.0. The summed E-state index contributed by atoms with van der Waals surface area (Å²) in [6.45, 7) is 0. The molecule has 0 N–H and O–H groups in total. The van der Waals surface area contributed by atoms with Crippen LogP contribution in [0.4, 0.5) is 0 Å². The maximum atomic E-state index is 5.44. The summed E-state index contributed by atoms with van der Waals surface area (Å²) in [4.78, 5) is 16.0. The van der Waals surface area contributed by atoms with Crippen LogP contribution >= 0.6 is 0 Å². The Morgan fingerprint density at radius 3 is 1.24 bits per heavy atom. The minimum Gasteiger partial charge on any atom is -0.308 e. The Balaban J connectivity index is 1.25. The van der Waals surface area contributed by atoms with Gasteiger partial charge in [0.05, 0.1) is 33.3 Å². The summed E-state index contributed by atoms with van der Waals surface area (Å²) < 4.78 is 4.80. The molecule has 0 saturated heterocycles. The molecular formula is C57H37N5. The minimum absolute atomic E-state index is 0.593. The van der Waals surface area contributed by atoms with Crippen molar-refractivity contribution in [3.05, 3.63) is 224 Å². The van der Waals surface area contributed by atoms with Crippen molar-refractivity contribution in [3.63, 3.8) is 0 Å². The average Bonchev–Trinajstić information content (AvgIpc) is 3.87. The summed E-state index contributed by atoms with van der Waals surface area (Å²) in [5.74, 6) is 1.82. The predicted molar refractivity (Wildman–Crippen MR) is 256 cm³/mol. The monoisotopic (exact) mass is 791 g/mol. The number of fused-ring (bicyclic) bond motifs is 6. The topological polar surface area (TPSA) is 48.5 Å². The molecule has 62 heavy (non-hydrogen) atoms. The van der Waals surface area contributed by atoms with E-state index in [0.717, 1.165) is 60.9 Å². The SMILES string of the molecule is c1ccc(-c2ccc3c(c2)c2cc(-c4ccccc4)ccc2n3-c2ccc3c4ccccc4n(-c4ccccc4)c3c2-c2nc(-c3ccccc3)nc(-c3ccccc3)n2)cc1. The van der Waals surface area contributed by atoms with Crippen molar-refractivity contribution in [2.45, 2.75) is 0 Å². The molecule has 0 amide bonds. The Labute approximate surface area is 358 Å². The Morgan fingerprint density at radius 1 is 0.274 bits per heavy atom. The first-order valence-corrected chi connectivity index (χ1v) is 21.0. The number of rotatable bonds is 7. The standard InChI is InChI=1S/C57H37N5/c1-6-18-38(19-7-1)42-30-33-50-47(36-42)48-37-43(39-20-8-2-9-21-39)31-34-51(48)62(50)52-35-32-46-45-28-16-17-29-49(45)61(44-26-14-5-15-27-44)54(46)53(52)57-59-55(40-22-10-3-11-23-40)58-56(60-57)41-24-12-4-13-25-41/h1-37H. The lowest BCUT2D eigenvalue weighted by Crippen LogP contribution is -2.06. The molecule has 0 radical (unpaired) electrons. The molecule has 0 saturated carbocycles. The van der Waals surface area contributed by atoms with Crippen LogP contribution in [0.2, 0.25) is 0 Å². The van der Waals surface area contributed by atoms with Crippen LogP contribution in [-0.2, 0) is 0 Å². The second kappa shape index (κ2) is 14.7. The number of nitrogens with zero attached hydrogens (tertiary/aromatic N) is 5. The van der Waals surface area contributed by atoms with E-state index in [2.05, 4.69) is 197 Å². The number of hydrogen-bond acceptors (Lipinski definition) is 3. The Morgan fingerprint density at radius 2 is 0.710 bits per heavy atom. The molecule has 3 heterocycles. The fraction of sp³-hybridized carbons (Fsp3) is 0. The van der Waals surface area contributed by atoms with E-state index in [1.165, 1.54) is 33.0 Å². The van der Waals surface area contributed by atoms with Gasteiger partial charge in [-0.25, -0.2) is 15.0 Å². The van der Waals surface area contributed by atoms with Crippen LogP contribution in [0.15, 0.2) is 224 Å². The second-order valence-corrected chi connectivity index (χ2v) is 15.6. The Kier molecular flexibility index (Phi) is 8.42. The van der Waals surface area contributed by atoms with Gasteiger partial charge in [-0.3, -0.25) is 0 Å². The molecule has 0 aliphatic rings. The van der Waals surface area contributed by atoms with Gasteiger partial charge in [-0.2, -0.15) is 0 Å². The maximum Gasteiger partial charge on any atom is 0.168 e. The summed E-state index contributed by atoms with van der Waals surface area (Å²) >= 11 is 0. The number of hydrogen-bond donors (Lipinski definition) is 0. The largest absolute Gasteiger partial charge is 0.308 e. The van der Waals surface area contributed by atoms with E-state index in [4.69, 9.17) is 15.0 Å². The van der Waals surface area contributed by atoms with Gasteiger partial charge in [0.25, 0.3) is 0 Å².